The zero-order chi connectivity index (χ0) is 11.4. The van der Waals surface area contributed by atoms with Crippen LogP contribution in [0.3, 0.4) is 0 Å². The predicted octanol–water partition coefficient (Wildman–Crippen LogP) is 0.237. The summed E-state index contributed by atoms with van der Waals surface area (Å²) in [6.07, 6.45) is 2.23. The highest BCUT2D eigenvalue weighted by Crippen LogP contribution is 2.31. The van der Waals surface area contributed by atoms with Crippen LogP contribution in [0, 0.1) is 5.92 Å². The van der Waals surface area contributed by atoms with Gasteiger partial charge in [0.1, 0.15) is 18.3 Å². The fourth-order valence-electron chi connectivity index (χ4n) is 1.79. The van der Waals surface area contributed by atoms with Gasteiger partial charge in [-0.05, 0) is 6.42 Å². The van der Waals surface area contributed by atoms with E-state index in [-0.39, 0.29) is 23.8 Å². The van der Waals surface area contributed by atoms with Gasteiger partial charge in [0.2, 0.25) is 5.91 Å². The Morgan fingerprint density at radius 2 is 2.62 bits per heavy atom. The van der Waals surface area contributed by atoms with Crippen LogP contribution in [0.1, 0.15) is 18.3 Å². The van der Waals surface area contributed by atoms with E-state index in [9.17, 15) is 4.79 Å². The standard InChI is InChI=1S/C9H13ClN4O2/c10-3-7(15)11-4-6-1-2-16-8(6)9-12-5-13-14-9/h5-6,8H,1-4H2,(H,11,15)(H,12,13,14)/t6-,8-/m0/s1. The van der Waals surface area contributed by atoms with Gasteiger partial charge in [-0.2, -0.15) is 5.10 Å². The summed E-state index contributed by atoms with van der Waals surface area (Å²) in [6.45, 7) is 1.23. The Kier molecular flexibility index (Phi) is 3.74. The van der Waals surface area contributed by atoms with Crippen LogP contribution >= 0.6 is 11.6 Å². The number of H-pyrrole nitrogens is 1. The maximum Gasteiger partial charge on any atom is 0.234 e. The molecular weight excluding hydrogens is 232 g/mol. The van der Waals surface area contributed by atoms with Crippen molar-refractivity contribution < 1.29 is 9.53 Å². The first-order valence-corrected chi connectivity index (χ1v) is 5.64. The SMILES string of the molecule is O=C(CCl)NC[C@@H]1CCO[C@@H]1c1ncn[nH]1. The van der Waals surface area contributed by atoms with E-state index in [1.54, 1.807) is 0 Å². The lowest BCUT2D eigenvalue weighted by molar-refractivity contribution is -0.118. The summed E-state index contributed by atoms with van der Waals surface area (Å²) < 4.78 is 5.56. The Morgan fingerprint density at radius 1 is 1.75 bits per heavy atom. The van der Waals surface area contributed by atoms with Crippen LogP contribution in [-0.4, -0.2) is 40.1 Å². The fraction of sp³-hybridized carbons (Fsp3) is 0.667. The molecule has 2 atom stereocenters. The highest BCUT2D eigenvalue weighted by atomic mass is 35.5. The number of rotatable bonds is 4. The van der Waals surface area contributed by atoms with E-state index < -0.39 is 0 Å². The van der Waals surface area contributed by atoms with Crippen molar-refractivity contribution in [2.24, 2.45) is 5.92 Å². The first kappa shape index (κ1) is 11.3. The lowest BCUT2D eigenvalue weighted by atomic mass is 10.0. The highest BCUT2D eigenvalue weighted by Gasteiger charge is 2.31. The molecule has 1 amide bonds. The number of ether oxygens (including phenoxy) is 1. The van der Waals surface area contributed by atoms with Gasteiger partial charge in [-0.25, -0.2) is 4.98 Å². The van der Waals surface area contributed by atoms with E-state index in [1.807, 2.05) is 0 Å². The van der Waals surface area contributed by atoms with Gasteiger partial charge in [-0.1, -0.05) is 0 Å². The highest BCUT2D eigenvalue weighted by molar-refractivity contribution is 6.27. The second-order valence-electron chi connectivity index (χ2n) is 3.65. The van der Waals surface area contributed by atoms with Crippen molar-refractivity contribution in [1.82, 2.24) is 20.5 Å². The first-order valence-electron chi connectivity index (χ1n) is 5.10. The van der Waals surface area contributed by atoms with Crippen molar-refractivity contribution in [1.29, 1.82) is 0 Å². The minimum absolute atomic E-state index is 0.0133. The van der Waals surface area contributed by atoms with Gasteiger partial charge in [-0.15, -0.1) is 11.6 Å². The van der Waals surface area contributed by atoms with E-state index in [0.717, 1.165) is 6.42 Å². The van der Waals surface area contributed by atoms with Crippen LogP contribution in [0.2, 0.25) is 0 Å². The molecule has 1 saturated heterocycles. The van der Waals surface area contributed by atoms with Gasteiger partial charge in [0.05, 0.1) is 0 Å². The molecule has 0 spiro atoms. The molecule has 1 aromatic heterocycles. The van der Waals surface area contributed by atoms with E-state index in [0.29, 0.717) is 19.0 Å². The first-order chi connectivity index (χ1) is 7.81. The second kappa shape index (κ2) is 5.27. The molecule has 16 heavy (non-hydrogen) atoms. The summed E-state index contributed by atoms with van der Waals surface area (Å²) in [5.41, 5.74) is 0. The summed E-state index contributed by atoms with van der Waals surface area (Å²) >= 11 is 5.40. The lowest BCUT2D eigenvalue weighted by Gasteiger charge is -2.16. The molecule has 88 valence electrons. The molecule has 0 aromatic carbocycles. The van der Waals surface area contributed by atoms with Crippen molar-refractivity contribution in [3.8, 4) is 0 Å². The van der Waals surface area contributed by atoms with Crippen molar-refractivity contribution in [3.63, 3.8) is 0 Å². The molecular formula is C9H13ClN4O2. The average molecular weight is 245 g/mol. The molecule has 0 saturated carbocycles. The maximum atomic E-state index is 11.0. The number of amides is 1. The van der Waals surface area contributed by atoms with Crippen molar-refractivity contribution in [2.45, 2.75) is 12.5 Å². The Hall–Kier alpha value is -1.14. The molecule has 1 fully saturated rings. The number of carbonyl (C=O) groups is 1. The van der Waals surface area contributed by atoms with E-state index in [4.69, 9.17) is 16.3 Å². The molecule has 2 rings (SSSR count). The Morgan fingerprint density at radius 3 is 3.31 bits per heavy atom. The molecule has 1 aliphatic rings. The predicted molar refractivity (Wildman–Crippen MR) is 56.9 cm³/mol. The monoisotopic (exact) mass is 244 g/mol. The van der Waals surface area contributed by atoms with Crippen molar-refractivity contribution >= 4 is 17.5 Å². The molecule has 7 heteroatoms. The molecule has 0 bridgehead atoms. The third-order valence-corrected chi connectivity index (χ3v) is 2.84. The second-order valence-corrected chi connectivity index (χ2v) is 3.92. The smallest absolute Gasteiger partial charge is 0.234 e. The van der Waals surface area contributed by atoms with Gasteiger partial charge in [0.15, 0.2) is 5.82 Å². The number of aromatic nitrogens is 3. The Labute approximate surface area is 97.7 Å². The van der Waals surface area contributed by atoms with Gasteiger partial charge < -0.3 is 10.1 Å². The van der Waals surface area contributed by atoms with Gasteiger partial charge in [-0.3, -0.25) is 9.89 Å². The van der Waals surface area contributed by atoms with Gasteiger partial charge in [0, 0.05) is 19.1 Å². The number of nitrogens with one attached hydrogen (secondary N) is 2. The molecule has 2 heterocycles. The van der Waals surface area contributed by atoms with E-state index in [2.05, 4.69) is 20.5 Å². The van der Waals surface area contributed by atoms with Crippen LogP contribution in [0.15, 0.2) is 6.33 Å². The minimum atomic E-state index is -0.162. The number of aromatic amines is 1. The van der Waals surface area contributed by atoms with Crippen LogP contribution in [0.25, 0.3) is 0 Å². The summed E-state index contributed by atoms with van der Waals surface area (Å²) in [5, 5.41) is 9.33. The molecule has 1 aliphatic heterocycles. The molecule has 0 aliphatic carbocycles. The number of nitrogens with zero attached hydrogens (tertiary/aromatic N) is 2. The van der Waals surface area contributed by atoms with Crippen LogP contribution < -0.4 is 5.32 Å². The quantitative estimate of drug-likeness (QED) is 0.744. The zero-order valence-electron chi connectivity index (χ0n) is 8.65. The van der Waals surface area contributed by atoms with Crippen molar-refractivity contribution in [3.05, 3.63) is 12.2 Å². The summed E-state index contributed by atoms with van der Waals surface area (Å²) in [7, 11) is 0. The molecule has 1 aromatic rings. The number of hydrogen-bond donors (Lipinski definition) is 2. The Bertz CT molecular complexity index is 343. The Balaban J connectivity index is 1.91. The number of hydrogen-bond acceptors (Lipinski definition) is 4. The molecule has 0 radical (unpaired) electrons. The van der Waals surface area contributed by atoms with Crippen LogP contribution in [0.4, 0.5) is 0 Å². The third kappa shape index (κ3) is 2.51. The number of halogens is 1. The van der Waals surface area contributed by atoms with Crippen molar-refractivity contribution in [2.75, 3.05) is 19.0 Å². The fourth-order valence-corrected chi connectivity index (χ4v) is 1.88. The normalized spacial score (nSPS) is 24.6. The summed E-state index contributed by atoms with van der Waals surface area (Å²) in [5.74, 6) is 0.758. The minimum Gasteiger partial charge on any atom is -0.370 e. The summed E-state index contributed by atoms with van der Waals surface area (Å²) in [6, 6.07) is 0. The average Bonchev–Trinajstić information content (AvgIpc) is 2.95. The molecule has 0 unspecified atom stereocenters. The largest absolute Gasteiger partial charge is 0.370 e. The van der Waals surface area contributed by atoms with Gasteiger partial charge >= 0.3 is 0 Å². The number of alkyl halides is 1. The van der Waals surface area contributed by atoms with Crippen LogP contribution in [-0.2, 0) is 9.53 Å². The molecule has 2 N–H and O–H groups in total. The lowest BCUT2D eigenvalue weighted by Crippen LogP contribution is -2.31. The van der Waals surface area contributed by atoms with Gasteiger partial charge in [0.25, 0.3) is 0 Å². The third-order valence-electron chi connectivity index (χ3n) is 2.60. The van der Waals surface area contributed by atoms with Crippen LogP contribution in [0.5, 0.6) is 0 Å². The maximum absolute atomic E-state index is 11.0. The number of carbonyl (C=O) groups excluding carboxylic acids is 1. The summed E-state index contributed by atoms with van der Waals surface area (Å²) in [4.78, 5) is 15.1. The van der Waals surface area contributed by atoms with E-state index >= 15 is 0 Å². The zero-order valence-corrected chi connectivity index (χ0v) is 9.41. The van der Waals surface area contributed by atoms with E-state index in [1.165, 1.54) is 6.33 Å². The molecule has 6 nitrogen and oxygen atoms in total. The topological polar surface area (TPSA) is 79.9 Å².